The molecule has 5 nitrogen and oxygen atoms in total. The van der Waals surface area contributed by atoms with E-state index < -0.39 is 11.6 Å². The lowest BCUT2D eigenvalue weighted by molar-refractivity contribution is 0.154. The van der Waals surface area contributed by atoms with Crippen LogP contribution in [0.3, 0.4) is 0 Å². The molecule has 0 amide bonds. The number of hydrogen-bond acceptors (Lipinski definition) is 4. The van der Waals surface area contributed by atoms with Crippen molar-refractivity contribution in [1.82, 2.24) is 0 Å². The summed E-state index contributed by atoms with van der Waals surface area (Å²) < 4.78 is 32.8. The molecule has 7 heteroatoms. The number of rotatable bonds is 6. The fourth-order valence-electron chi connectivity index (χ4n) is 1.59. The second-order valence-corrected chi connectivity index (χ2v) is 3.89. The van der Waals surface area contributed by atoms with Crippen molar-refractivity contribution in [3.8, 4) is 0 Å². The molecule has 0 bridgehead atoms. The van der Waals surface area contributed by atoms with Crippen LogP contribution in [-0.2, 0) is 4.74 Å². The third kappa shape index (κ3) is 3.78. The lowest BCUT2D eigenvalue weighted by Gasteiger charge is -2.20. The molecule has 1 rings (SSSR count). The molecule has 0 spiro atoms. The highest BCUT2D eigenvalue weighted by Crippen LogP contribution is 2.23. The summed E-state index contributed by atoms with van der Waals surface area (Å²) in [5.41, 5.74) is 5.10. The Morgan fingerprint density at radius 3 is 2.47 bits per heavy atom. The van der Waals surface area contributed by atoms with E-state index in [1.54, 1.807) is 7.05 Å². The van der Waals surface area contributed by atoms with E-state index in [2.05, 4.69) is 5.16 Å². The lowest BCUT2D eigenvalue weighted by Crippen LogP contribution is -2.25. The van der Waals surface area contributed by atoms with Gasteiger partial charge in [-0.05, 0) is 19.1 Å². The van der Waals surface area contributed by atoms with Crippen LogP contribution in [0.1, 0.15) is 12.5 Å². The van der Waals surface area contributed by atoms with Gasteiger partial charge in [-0.25, -0.2) is 8.78 Å². The zero-order valence-electron chi connectivity index (χ0n) is 10.9. The van der Waals surface area contributed by atoms with Crippen LogP contribution in [0.2, 0.25) is 0 Å². The molecule has 0 atom stereocenters. The topological polar surface area (TPSA) is 71.1 Å². The molecular formula is C12H17F2N3O2. The van der Waals surface area contributed by atoms with Crippen LogP contribution < -0.4 is 10.6 Å². The van der Waals surface area contributed by atoms with Crippen molar-refractivity contribution in [2.75, 3.05) is 31.7 Å². The molecule has 3 N–H and O–H groups in total. The van der Waals surface area contributed by atoms with Crippen LogP contribution in [0.25, 0.3) is 0 Å². The Hall–Kier alpha value is -1.89. The van der Waals surface area contributed by atoms with Gasteiger partial charge in [-0.2, -0.15) is 0 Å². The lowest BCUT2D eigenvalue weighted by atomic mass is 10.1. The third-order valence-electron chi connectivity index (χ3n) is 2.58. The molecule has 0 aromatic heterocycles. The minimum Gasteiger partial charge on any atom is -0.409 e. The van der Waals surface area contributed by atoms with Gasteiger partial charge in [0.1, 0.15) is 17.3 Å². The normalized spacial score (nSPS) is 11.7. The summed E-state index contributed by atoms with van der Waals surface area (Å²) in [5.74, 6) is -1.90. The van der Waals surface area contributed by atoms with Crippen molar-refractivity contribution in [3.63, 3.8) is 0 Å². The van der Waals surface area contributed by atoms with E-state index >= 15 is 0 Å². The van der Waals surface area contributed by atoms with Gasteiger partial charge in [0.25, 0.3) is 0 Å². The molecule has 0 fully saturated rings. The Kier molecular flexibility index (Phi) is 5.50. The van der Waals surface area contributed by atoms with Crippen LogP contribution in [0, 0.1) is 11.6 Å². The molecule has 0 radical (unpaired) electrons. The third-order valence-corrected chi connectivity index (χ3v) is 2.58. The zero-order chi connectivity index (χ0) is 14.4. The van der Waals surface area contributed by atoms with E-state index in [0.29, 0.717) is 19.8 Å². The van der Waals surface area contributed by atoms with E-state index in [0.717, 1.165) is 12.1 Å². The van der Waals surface area contributed by atoms with E-state index in [4.69, 9.17) is 15.7 Å². The van der Waals surface area contributed by atoms with Gasteiger partial charge in [-0.15, -0.1) is 0 Å². The molecule has 1 aromatic rings. The van der Waals surface area contributed by atoms with Gasteiger partial charge in [0.2, 0.25) is 0 Å². The average molecular weight is 273 g/mol. The number of amidine groups is 1. The average Bonchev–Trinajstić information content (AvgIpc) is 2.37. The van der Waals surface area contributed by atoms with Crippen molar-refractivity contribution in [2.24, 2.45) is 10.9 Å². The van der Waals surface area contributed by atoms with Gasteiger partial charge >= 0.3 is 0 Å². The second kappa shape index (κ2) is 6.89. The van der Waals surface area contributed by atoms with Crippen LogP contribution in [0.4, 0.5) is 14.5 Å². The van der Waals surface area contributed by atoms with E-state index in [1.165, 1.54) is 4.90 Å². The first-order valence-electron chi connectivity index (χ1n) is 5.77. The van der Waals surface area contributed by atoms with E-state index in [9.17, 15) is 8.78 Å². The maximum absolute atomic E-state index is 13.9. The van der Waals surface area contributed by atoms with E-state index in [1.807, 2.05) is 6.92 Å². The van der Waals surface area contributed by atoms with Gasteiger partial charge in [-0.3, -0.25) is 0 Å². The molecule has 0 saturated carbocycles. The number of oxime groups is 1. The minimum absolute atomic E-state index is 0.0144. The van der Waals surface area contributed by atoms with E-state index in [-0.39, 0.29) is 17.1 Å². The smallest absolute Gasteiger partial charge is 0.170 e. The van der Waals surface area contributed by atoms with Crippen LogP contribution >= 0.6 is 0 Å². The largest absolute Gasteiger partial charge is 0.409 e. The molecule has 0 aliphatic heterocycles. The first kappa shape index (κ1) is 15.2. The standard InChI is InChI=1S/C12H17F2N3O2/c1-3-19-5-4-17(2)11-9(13)6-8(7-10(11)14)12(15)16-18/h6-7,18H,3-5H2,1-2H3,(H2,15,16). The number of halogens is 2. The Morgan fingerprint density at radius 1 is 1.42 bits per heavy atom. The first-order chi connectivity index (χ1) is 9.01. The quantitative estimate of drug-likeness (QED) is 0.271. The highest BCUT2D eigenvalue weighted by molar-refractivity contribution is 5.97. The highest BCUT2D eigenvalue weighted by Gasteiger charge is 2.16. The minimum atomic E-state index is -0.777. The number of benzene rings is 1. The first-order valence-corrected chi connectivity index (χ1v) is 5.77. The maximum Gasteiger partial charge on any atom is 0.170 e. The van der Waals surface area contributed by atoms with Crippen molar-refractivity contribution in [2.45, 2.75) is 6.92 Å². The fourth-order valence-corrected chi connectivity index (χ4v) is 1.59. The Labute approximate surface area is 110 Å². The molecule has 0 saturated heterocycles. The number of likely N-dealkylation sites (N-methyl/N-ethyl adjacent to an activating group) is 1. The molecule has 0 aliphatic carbocycles. The highest BCUT2D eigenvalue weighted by atomic mass is 19.1. The van der Waals surface area contributed by atoms with Crippen LogP contribution in [0.5, 0.6) is 0 Å². The number of nitrogens with two attached hydrogens (primary N) is 1. The second-order valence-electron chi connectivity index (χ2n) is 3.89. The molecule has 0 unspecified atom stereocenters. The van der Waals surface area contributed by atoms with Crippen LogP contribution in [-0.4, -0.2) is 37.8 Å². The summed E-state index contributed by atoms with van der Waals surface area (Å²) in [6, 6.07) is 2.04. The van der Waals surface area contributed by atoms with Gasteiger partial charge in [0.15, 0.2) is 5.84 Å². The van der Waals surface area contributed by atoms with Crippen molar-refractivity contribution >= 4 is 11.5 Å². The monoisotopic (exact) mass is 273 g/mol. The Bertz CT molecular complexity index is 443. The van der Waals surface area contributed by atoms with Gasteiger partial charge in [-0.1, -0.05) is 5.16 Å². The summed E-state index contributed by atoms with van der Waals surface area (Å²) in [5, 5.41) is 11.2. The van der Waals surface area contributed by atoms with Gasteiger partial charge in [0, 0.05) is 25.8 Å². The molecule has 1 aromatic carbocycles. The zero-order valence-corrected chi connectivity index (χ0v) is 10.9. The number of nitrogens with zero attached hydrogens (tertiary/aromatic N) is 2. The Balaban J connectivity index is 2.96. The number of hydrogen-bond donors (Lipinski definition) is 2. The molecular weight excluding hydrogens is 256 g/mol. The van der Waals surface area contributed by atoms with Crippen molar-refractivity contribution in [1.29, 1.82) is 0 Å². The Morgan fingerprint density at radius 2 is 2.00 bits per heavy atom. The summed E-state index contributed by atoms with van der Waals surface area (Å²) >= 11 is 0. The van der Waals surface area contributed by atoms with Crippen LogP contribution in [0.15, 0.2) is 17.3 Å². The number of anilines is 1. The summed E-state index contributed by atoms with van der Waals surface area (Å²) in [6.45, 7) is 3.10. The SMILES string of the molecule is CCOCCN(C)c1c(F)cc(C(N)=NO)cc1F. The van der Waals surface area contributed by atoms with Crippen molar-refractivity contribution in [3.05, 3.63) is 29.3 Å². The van der Waals surface area contributed by atoms with Gasteiger partial charge < -0.3 is 20.6 Å². The summed E-state index contributed by atoms with van der Waals surface area (Å²) in [4.78, 5) is 1.41. The molecule has 0 heterocycles. The summed E-state index contributed by atoms with van der Waals surface area (Å²) in [7, 11) is 1.56. The fraction of sp³-hybridized carbons (Fsp3) is 0.417. The predicted molar refractivity (Wildman–Crippen MR) is 68.6 cm³/mol. The van der Waals surface area contributed by atoms with Crippen molar-refractivity contribution < 1.29 is 18.7 Å². The molecule has 19 heavy (non-hydrogen) atoms. The maximum atomic E-state index is 13.9. The molecule has 106 valence electrons. The summed E-state index contributed by atoms with van der Waals surface area (Å²) in [6.07, 6.45) is 0. The predicted octanol–water partition coefficient (Wildman–Crippen LogP) is 1.53. The van der Waals surface area contributed by atoms with Gasteiger partial charge in [0.05, 0.1) is 6.61 Å². The molecule has 0 aliphatic rings. The number of ether oxygens (including phenoxy) is 1.